The molecule has 1 fully saturated rings. The van der Waals surface area contributed by atoms with E-state index in [0.29, 0.717) is 12.4 Å². The molecule has 3 aromatic carbocycles. The van der Waals surface area contributed by atoms with Gasteiger partial charge in [0.2, 0.25) is 11.5 Å². The summed E-state index contributed by atoms with van der Waals surface area (Å²) in [5.41, 5.74) is 1.16. The number of allylic oxidation sites excluding steroid dienone is 1. The Morgan fingerprint density at radius 3 is 2.57 bits per heavy atom. The van der Waals surface area contributed by atoms with E-state index >= 15 is 0 Å². The van der Waals surface area contributed by atoms with Gasteiger partial charge in [0.25, 0.3) is 0 Å². The molecular weight excluding hydrogens is 376 g/mol. The van der Waals surface area contributed by atoms with Crippen LogP contribution in [0.15, 0.2) is 84.8 Å². The summed E-state index contributed by atoms with van der Waals surface area (Å²) >= 11 is 0. The summed E-state index contributed by atoms with van der Waals surface area (Å²) in [4.78, 5) is 13.0. The number of hydrogen-bond donors (Lipinski definition) is 0. The first kappa shape index (κ1) is 18.9. The molecule has 0 N–H and O–H groups in total. The van der Waals surface area contributed by atoms with Crippen LogP contribution in [0.5, 0.6) is 5.75 Å². The van der Waals surface area contributed by atoms with Crippen LogP contribution in [0, 0.1) is 5.92 Å². The minimum absolute atomic E-state index is 0.0286. The maximum Gasteiger partial charge on any atom is 0.207 e. The average molecular weight is 400 g/mol. The third-order valence-corrected chi connectivity index (χ3v) is 5.95. The van der Waals surface area contributed by atoms with Gasteiger partial charge in [0.1, 0.15) is 18.1 Å². The van der Waals surface area contributed by atoms with Crippen LogP contribution in [-0.4, -0.2) is 18.0 Å². The van der Waals surface area contributed by atoms with Crippen molar-refractivity contribution in [1.29, 1.82) is 0 Å². The second-order valence-corrected chi connectivity index (χ2v) is 7.97. The maximum atomic E-state index is 13.0. The van der Waals surface area contributed by atoms with Crippen molar-refractivity contribution in [2.75, 3.05) is 0 Å². The van der Waals surface area contributed by atoms with Crippen LogP contribution in [0.3, 0.4) is 0 Å². The SMILES string of the molecule is O=C1C(Oc2ccc3ccccc3c2)=COC2CC(OCc3ccccc3)CCC12. The highest BCUT2D eigenvalue weighted by atomic mass is 16.5. The molecule has 0 spiro atoms. The molecule has 3 atom stereocenters. The lowest BCUT2D eigenvalue weighted by Crippen LogP contribution is -2.42. The van der Waals surface area contributed by atoms with Crippen molar-refractivity contribution in [2.24, 2.45) is 5.92 Å². The van der Waals surface area contributed by atoms with Gasteiger partial charge in [-0.1, -0.05) is 60.7 Å². The fourth-order valence-electron chi connectivity index (χ4n) is 4.30. The first-order chi connectivity index (χ1) is 14.8. The fraction of sp³-hybridized carbons (Fsp3) is 0.269. The molecule has 4 heteroatoms. The average Bonchev–Trinajstić information content (AvgIpc) is 2.80. The zero-order valence-corrected chi connectivity index (χ0v) is 16.7. The van der Waals surface area contributed by atoms with Gasteiger partial charge < -0.3 is 14.2 Å². The molecule has 1 aliphatic heterocycles. The van der Waals surface area contributed by atoms with E-state index in [-0.39, 0.29) is 29.7 Å². The summed E-state index contributed by atoms with van der Waals surface area (Å²) < 4.78 is 17.9. The van der Waals surface area contributed by atoms with Gasteiger partial charge in [-0.3, -0.25) is 4.79 Å². The fourth-order valence-corrected chi connectivity index (χ4v) is 4.30. The summed E-state index contributed by atoms with van der Waals surface area (Å²) in [6.45, 7) is 0.586. The summed E-state index contributed by atoms with van der Waals surface area (Å²) in [5, 5.41) is 2.22. The predicted octanol–water partition coefficient (Wildman–Crippen LogP) is 5.41. The molecule has 152 valence electrons. The summed E-state index contributed by atoms with van der Waals surface area (Å²) in [6, 6.07) is 24.1. The highest BCUT2D eigenvalue weighted by Crippen LogP contribution is 2.35. The Kier molecular flexibility index (Phi) is 5.24. The van der Waals surface area contributed by atoms with Crippen LogP contribution in [0.25, 0.3) is 10.8 Å². The Bertz CT molecular complexity index is 1070. The van der Waals surface area contributed by atoms with E-state index in [2.05, 4.69) is 18.2 Å². The number of Topliss-reactive ketones (excluding diaryl/α,β-unsaturated/α-hetero) is 1. The lowest BCUT2D eigenvalue weighted by Gasteiger charge is -2.37. The van der Waals surface area contributed by atoms with Crippen molar-refractivity contribution >= 4 is 16.6 Å². The van der Waals surface area contributed by atoms with Crippen LogP contribution in [0.1, 0.15) is 24.8 Å². The molecule has 2 aliphatic rings. The number of fused-ring (bicyclic) bond motifs is 2. The van der Waals surface area contributed by atoms with Gasteiger partial charge in [-0.15, -0.1) is 0 Å². The van der Waals surface area contributed by atoms with Crippen LogP contribution >= 0.6 is 0 Å². The topological polar surface area (TPSA) is 44.8 Å². The van der Waals surface area contributed by atoms with Gasteiger partial charge in [0, 0.05) is 6.42 Å². The number of rotatable bonds is 5. The molecular formula is C26H24O4. The molecule has 4 nitrogen and oxygen atoms in total. The molecule has 0 radical (unpaired) electrons. The van der Waals surface area contributed by atoms with Gasteiger partial charge in [0.05, 0.1) is 18.6 Å². The number of carbonyl (C=O) groups excluding carboxylic acids is 1. The molecule has 3 unspecified atom stereocenters. The number of hydrogen-bond acceptors (Lipinski definition) is 4. The van der Waals surface area contributed by atoms with Crippen molar-refractivity contribution in [3.05, 3.63) is 90.4 Å². The van der Waals surface area contributed by atoms with E-state index in [9.17, 15) is 4.79 Å². The first-order valence-electron chi connectivity index (χ1n) is 10.5. The minimum Gasteiger partial charge on any atom is -0.493 e. The van der Waals surface area contributed by atoms with Gasteiger partial charge in [0.15, 0.2) is 0 Å². The van der Waals surface area contributed by atoms with Crippen LogP contribution in [-0.2, 0) is 20.9 Å². The largest absolute Gasteiger partial charge is 0.493 e. The molecule has 0 saturated heterocycles. The van der Waals surface area contributed by atoms with Gasteiger partial charge in [-0.2, -0.15) is 0 Å². The molecule has 1 aliphatic carbocycles. The van der Waals surface area contributed by atoms with Crippen molar-refractivity contribution in [1.82, 2.24) is 0 Å². The Hall–Kier alpha value is -3.11. The highest BCUT2D eigenvalue weighted by Gasteiger charge is 2.41. The van der Waals surface area contributed by atoms with Gasteiger partial charge >= 0.3 is 0 Å². The third-order valence-electron chi connectivity index (χ3n) is 5.95. The smallest absolute Gasteiger partial charge is 0.207 e. The number of carbonyl (C=O) groups is 1. The molecule has 0 amide bonds. The van der Waals surface area contributed by atoms with E-state index in [1.807, 2.05) is 54.6 Å². The van der Waals surface area contributed by atoms with Gasteiger partial charge in [-0.05, 0) is 41.3 Å². The zero-order chi connectivity index (χ0) is 20.3. The van der Waals surface area contributed by atoms with Gasteiger partial charge in [-0.25, -0.2) is 0 Å². The molecule has 5 rings (SSSR count). The summed E-state index contributed by atoms with van der Waals surface area (Å²) in [5.74, 6) is 0.799. The van der Waals surface area contributed by atoms with E-state index in [1.54, 1.807) is 0 Å². The summed E-state index contributed by atoms with van der Waals surface area (Å²) in [7, 11) is 0. The quantitative estimate of drug-likeness (QED) is 0.574. The molecule has 3 aromatic rings. The lowest BCUT2D eigenvalue weighted by atomic mass is 9.80. The Labute approximate surface area is 176 Å². The Balaban J connectivity index is 1.23. The van der Waals surface area contributed by atoms with E-state index < -0.39 is 0 Å². The van der Waals surface area contributed by atoms with E-state index in [4.69, 9.17) is 14.2 Å². The number of ether oxygens (including phenoxy) is 3. The second kappa shape index (κ2) is 8.33. The Morgan fingerprint density at radius 1 is 0.900 bits per heavy atom. The predicted molar refractivity (Wildman–Crippen MR) is 115 cm³/mol. The van der Waals surface area contributed by atoms with Crippen molar-refractivity contribution in [3.8, 4) is 5.75 Å². The molecule has 1 saturated carbocycles. The third kappa shape index (κ3) is 3.96. The van der Waals surface area contributed by atoms with Crippen LogP contribution in [0.4, 0.5) is 0 Å². The molecule has 1 heterocycles. The highest BCUT2D eigenvalue weighted by molar-refractivity contribution is 5.96. The van der Waals surface area contributed by atoms with Crippen molar-refractivity contribution < 1.29 is 19.0 Å². The first-order valence-corrected chi connectivity index (χ1v) is 10.5. The lowest BCUT2D eigenvalue weighted by molar-refractivity contribution is -0.134. The van der Waals surface area contributed by atoms with Crippen LogP contribution < -0.4 is 4.74 Å². The standard InChI is InChI=1S/C26H24O4/c27-26-23-13-12-21(28-16-18-6-2-1-3-7-18)15-24(23)29-17-25(26)30-22-11-10-19-8-4-5-9-20(19)14-22/h1-11,14,17,21,23-24H,12-13,15-16H2. The Morgan fingerprint density at radius 2 is 1.70 bits per heavy atom. The van der Waals surface area contributed by atoms with Crippen LogP contribution in [0.2, 0.25) is 0 Å². The second-order valence-electron chi connectivity index (χ2n) is 7.97. The molecule has 0 aromatic heterocycles. The molecule has 30 heavy (non-hydrogen) atoms. The monoisotopic (exact) mass is 400 g/mol. The van der Waals surface area contributed by atoms with E-state index in [0.717, 1.165) is 35.6 Å². The maximum absolute atomic E-state index is 13.0. The zero-order valence-electron chi connectivity index (χ0n) is 16.7. The minimum atomic E-state index is -0.165. The number of ketones is 1. The van der Waals surface area contributed by atoms with E-state index in [1.165, 1.54) is 6.26 Å². The molecule has 0 bridgehead atoms. The number of benzene rings is 3. The normalized spacial score (nSPS) is 23.4. The summed E-state index contributed by atoms with van der Waals surface area (Å²) in [6.07, 6.45) is 3.78. The van der Waals surface area contributed by atoms with Crippen molar-refractivity contribution in [3.63, 3.8) is 0 Å². The van der Waals surface area contributed by atoms with Crippen molar-refractivity contribution in [2.45, 2.75) is 38.1 Å².